The van der Waals surface area contributed by atoms with Crippen molar-refractivity contribution < 1.29 is 14.3 Å². The molecule has 0 saturated carbocycles. The molecule has 0 aliphatic rings. The average Bonchev–Trinajstić information content (AvgIpc) is 2.90. The van der Waals surface area contributed by atoms with Crippen molar-refractivity contribution in [2.45, 2.75) is 20.0 Å². The number of nitrogens with one attached hydrogen (secondary N) is 1. The SMILES string of the molecule is Cc1cc(C)c(C(=O)NCC(O)c2ccc3ccccc3c2)o1. The normalized spacial score (nSPS) is 12.3. The maximum atomic E-state index is 12.1. The van der Waals surface area contributed by atoms with Crippen LogP contribution in [0.15, 0.2) is 52.9 Å². The molecule has 2 aromatic carbocycles. The van der Waals surface area contributed by atoms with Crippen LogP contribution in [0.5, 0.6) is 0 Å². The second kappa shape index (κ2) is 6.26. The zero-order chi connectivity index (χ0) is 16.4. The van der Waals surface area contributed by atoms with E-state index in [9.17, 15) is 9.90 Å². The number of hydrogen-bond donors (Lipinski definition) is 2. The molecule has 1 heterocycles. The van der Waals surface area contributed by atoms with Gasteiger partial charge in [0.05, 0.1) is 6.10 Å². The Morgan fingerprint density at radius 1 is 1.13 bits per heavy atom. The van der Waals surface area contributed by atoms with Crippen LogP contribution in [0.25, 0.3) is 10.8 Å². The lowest BCUT2D eigenvalue weighted by Crippen LogP contribution is -2.28. The van der Waals surface area contributed by atoms with Crippen molar-refractivity contribution in [3.05, 3.63) is 71.2 Å². The fourth-order valence-corrected chi connectivity index (χ4v) is 2.67. The number of furan rings is 1. The number of carbonyl (C=O) groups is 1. The topological polar surface area (TPSA) is 62.5 Å². The van der Waals surface area contributed by atoms with Crippen LogP contribution in [-0.2, 0) is 0 Å². The van der Waals surface area contributed by atoms with Gasteiger partial charge in [-0.15, -0.1) is 0 Å². The Morgan fingerprint density at radius 2 is 1.87 bits per heavy atom. The van der Waals surface area contributed by atoms with E-state index >= 15 is 0 Å². The predicted molar refractivity (Wildman–Crippen MR) is 89.4 cm³/mol. The van der Waals surface area contributed by atoms with Gasteiger partial charge in [0.1, 0.15) is 5.76 Å². The van der Waals surface area contributed by atoms with Crippen LogP contribution in [0.4, 0.5) is 0 Å². The van der Waals surface area contributed by atoms with E-state index in [4.69, 9.17) is 4.42 Å². The molecule has 4 nitrogen and oxygen atoms in total. The summed E-state index contributed by atoms with van der Waals surface area (Å²) in [6.07, 6.45) is -0.764. The molecule has 0 aliphatic carbocycles. The number of benzene rings is 2. The van der Waals surface area contributed by atoms with Gasteiger partial charge < -0.3 is 14.8 Å². The highest BCUT2D eigenvalue weighted by atomic mass is 16.3. The molecule has 0 radical (unpaired) electrons. The van der Waals surface area contributed by atoms with E-state index < -0.39 is 6.10 Å². The number of hydrogen-bond acceptors (Lipinski definition) is 3. The summed E-state index contributed by atoms with van der Waals surface area (Å²) in [5.74, 6) is 0.686. The molecule has 0 fully saturated rings. The lowest BCUT2D eigenvalue weighted by atomic mass is 10.0. The first-order chi connectivity index (χ1) is 11.0. The molecule has 1 amide bonds. The van der Waals surface area contributed by atoms with Gasteiger partial charge in [0.15, 0.2) is 5.76 Å². The molecule has 1 atom stereocenters. The summed E-state index contributed by atoms with van der Waals surface area (Å²) in [7, 11) is 0. The summed E-state index contributed by atoms with van der Waals surface area (Å²) in [5.41, 5.74) is 1.57. The Morgan fingerprint density at radius 3 is 2.57 bits per heavy atom. The van der Waals surface area contributed by atoms with Gasteiger partial charge in [-0.3, -0.25) is 4.79 Å². The van der Waals surface area contributed by atoms with Gasteiger partial charge in [-0.25, -0.2) is 0 Å². The van der Waals surface area contributed by atoms with Crippen molar-refractivity contribution in [1.29, 1.82) is 0 Å². The molecule has 2 N–H and O–H groups in total. The molecule has 3 aromatic rings. The quantitative estimate of drug-likeness (QED) is 0.775. The van der Waals surface area contributed by atoms with Crippen LogP contribution in [0, 0.1) is 13.8 Å². The van der Waals surface area contributed by atoms with Gasteiger partial charge in [0, 0.05) is 12.1 Å². The highest BCUT2D eigenvalue weighted by Gasteiger charge is 2.16. The largest absolute Gasteiger partial charge is 0.456 e. The minimum atomic E-state index is -0.764. The summed E-state index contributed by atoms with van der Waals surface area (Å²) < 4.78 is 5.38. The Hall–Kier alpha value is -2.59. The predicted octanol–water partition coefficient (Wildman–Crippen LogP) is 3.51. The Balaban J connectivity index is 1.69. The van der Waals surface area contributed by atoms with Crippen molar-refractivity contribution in [2.24, 2.45) is 0 Å². The highest BCUT2D eigenvalue weighted by molar-refractivity contribution is 5.93. The smallest absolute Gasteiger partial charge is 0.287 e. The molecule has 1 unspecified atom stereocenters. The van der Waals surface area contributed by atoms with Crippen LogP contribution in [0.1, 0.15) is 33.5 Å². The van der Waals surface area contributed by atoms with Crippen molar-refractivity contribution in [1.82, 2.24) is 5.32 Å². The first-order valence-electron chi connectivity index (χ1n) is 7.56. The van der Waals surface area contributed by atoms with Crippen LogP contribution >= 0.6 is 0 Å². The minimum Gasteiger partial charge on any atom is -0.456 e. The molecule has 0 saturated heterocycles. The third-order valence-electron chi connectivity index (χ3n) is 3.86. The second-order valence-corrected chi connectivity index (χ2v) is 5.70. The maximum Gasteiger partial charge on any atom is 0.287 e. The number of aliphatic hydroxyl groups is 1. The van der Waals surface area contributed by atoms with E-state index in [2.05, 4.69) is 5.32 Å². The van der Waals surface area contributed by atoms with Crippen molar-refractivity contribution in [2.75, 3.05) is 6.54 Å². The summed E-state index contributed by atoms with van der Waals surface area (Å²) in [6, 6.07) is 15.6. The van der Waals surface area contributed by atoms with Gasteiger partial charge >= 0.3 is 0 Å². The molecule has 23 heavy (non-hydrogen) atoms. The Kier molecular flexibility index (Phi) is 4.17. The van der Waals surface area contributed by atoms with Gasteiger partial charge in [-0.1, -0.05) is 36.4 Å². The van der Waals surface area contributed by atoms with Crippen LogP contribution in [0.3, 0.4) is 0 Å². The second-order valence-electron chi connectivity index (χ2n) is 5.70. The Labute approximate surface area is 134 Å². The number of carbonyl (C=O) groups excluding carboxylic acids is 1. The van der Waals surface area contributed by atoms with Gasteiger partial charge in [-0.05, 0) is 42.3 Å². The fourth-order valence-electron chi connectivity index (χ4n) is 2.67. The van der Waals surface area contributed by atoms with E-state index in [1.165, 1.54) is 0 Å². The molecule has 3 rings (SSSR count). The first kappa shape index (κ1) is 15.3. The van der Waals surface area contributed by atoms with Crippen LogP contribution < -0.4 is 5.32 Å². The molecule has 0 bridgehead atoms. The zero-order valence-electron chi connectivity index (χ0n) is 13.2. The van der Waals surface area contributed by atoms with E-state index in [0.717, 1.165) is 21.9 Å². The summed E-state index contributed by atoms with van der Waals surface area (Å²) in [5, 5.41) is 15.2. The fraction of sp³-hybridized carbons (Fsp3) is 0.211. The standard InChI is InChI=1S/C19H19NO3/c1-12-9-13(2)23-18(12)19(22)20-11-17(21)16-8-7-14-5-3-4-6-15(14)10-16/h3-10,17,21H,11H2,1-2H3,(H,20,22). The third-order valence-corrected chi connectivity index (χ3v) is 3.86. The molecule has 4 heteroatoms. The number of rotatable bonds is 4. The van der Waals surface area contributed by atoms with E-state index in [-0.39, 0.29) is 12.5 Å². The number of aryl methyl sites for hydroxylation is 2. The van der Waals surface area contributed by atoms with Crippen LogP contribution in [0.2, 0.25) is 0 Å². The van der Waals surface area contributed by atoms with Gasteiger partial charge in [0.25, 0.3) is 5.91 Å². The molecular formula is C19H19NO3. The third kappa shape index (κ3) is 3.27. The van der Waals surface area contributed by atoms with Crippen molar-refractivity contribution in [3.8, 4) is 0 Å². The number of amides is 1. The lowest BCUT2D eigenvalue weighted by molar-refractivity contribution is 0.0887. The summed E-state index contributed by atoms with van der Waals surface area (Å²) >= 11 is 0. The van der Waals surface area contributed by atoms with E-state index in [0.29, 0.717) is 11.5 Å². The van der Waals surface area contributed by atoms with Crippen LogP contribution in [-0.4, -0.2) is 17.6 Å². The monoisotopic (exact) mass is 309 g/mol. The zero-order valence-corrected chi connectivity index (χ0v) is 13.2. The molecule has 1 aromatic heterocycles. The highest BCUT2D eigenvalue weighted by Crippen LogP contribution is 2.20. The minimum absolute atomic E-state index is 0.135. The number of aliphatic hydroxyl groups excluding tert-OH is 1. The first-order valence-corrected chi connectivity index (χ1v) is 7.56. The van der Waals surface area contributed by atoms with Gasteiger partial charge in [0.2, 0.25) is 0 Å². The van der Waals surface area contributed by atoms with E-state index in [1.54, 1.807) is 6.92 Å². The van der Waals surface area contributed by atoms with Crippen molar-refractivity contribution >= 4 is 16.7 Å². The molecule has 0 aliphatic heterocycles. The van der Waals surface area contributed by atoms with Gasteiger partial charge in [-0.2, -0.15) is 0 Å². The molecule has 0 spiro atoms. The summed E-state index contributed by atoms with van der Waals surface area (Å²) in [6.45, 7) is 3.76. The Bertz CT molecular complexity index is 851. The maximum absolute atomic E-state index is 12.1. The molecular weight excluding hydrogens is 290 g/mol. The average molecular weight is 309 g/mol. The lowest BCUT2D eigenvalue weighted by Gasteiger charge is -2.13. The van der Waals surface area contributed by atoms with Crippen molar-refractivity contribution in [3.63, 3.8) is 0 Å². The number of fused-ring (bicyclic) bond motifs is 1. The summed E-state index contributed by atoms with van der Waals surface area (Å²) in [4.78, 5) is 12.1. The molecule has 118 valence electrons. The van der Waals surface area contributed by atoms with E-state index in [1.807, 2.05) is 55.5 Å².